The molecule has 2 aliphatic rings. The monoisotopic (exact) mass is 1380 g/mol. The van der Waals surface area contributed by atoms with E-state index in [0.29, 0.717) is 110 Å². The fraction of sp³-hybridized carbons (Fsp3) is 0.378. The van der Waals surface area contributed by atoms with Crippen molar-refractivity contribution in [2.45, 2.75) is 134 Å². The summed E-state index contributed by atoms with van der Waals surface area (Å²) in [5, 5.41) is -0.513. The Morgan fingerprint density at radius 3 is 1.53 bits per heavy atom. The van der Waals surface area contributed by atoms with Crippen LogP contribution in [-0.2, 0) is 85.1 Å². The molecule has 0 radical (unpaired) electrons. The number of hydrogen-bond acceptors (Lipinski definition) is 10. The Kier molecular flexibility index (Phi) is 18.2. The minimum Gasteiger partial charge on any atom is -0.336 e. The quantitative estimate of drug-likeness (QED) is 0.0295. The van der Waals surface area contributed by atoms with Crippen molar-refractivity contribution in [3.05, 3.63) is 233 Å². The summed E-state index contributed by atoms with van der Waals surface area (Å²) in [6.07, 6.45) is -14.0. The molecule has 0 aliphatic heterocycles. The number of alkyl halides is 6. The van der Waals surface area contributed by atoms with E-state index >= 15 is 0 Å². The van der Waals surface area contributed by atoms with Gasteiger partial charge >= 0.3 is 12.4 Å². The van der Waals surface area contributed by atoms with Crippen molar-refractivity contribution < 1.29 is 66.6 Å². The first-order valence-electron chi connectivity index (χ1n) is 38.9. The van der Waals surface area contributed by atoms with Crippen LogP contribution in [0, 0.1) is 24.5 Å². The van der Waals surface area contributed by atoms with E-state index in [9.17, 15) is 54.3 Å². The Morgan fingerprint density at radius 2 is 1.03 bits per heavy atom. The molecule has 12 nitrogen and oxygen atoms in total. The van der Waals surface area contributed by atoms with Crippen LogP contribution in [0.25, 0.3) is 22.3 Å². The molecule has 2 aliphatic carbocycles. The Labute approximate surface area is 586 Å². The molecule has 6 aromatic carbocycles. The maximum absolute atomic E-state index is 14.5. The second kappa shape index (κ2) is 32.9. The van der Waals surface area contributed by atoms with Crippen LogP contribution >= 0.6 is 23.5 Å². The average molecular weight is 1380 g/mol. The standard InChI is InChI=1S/2C37H40F4N4O2S/c1-4-43(5-2)18-19-44(22-26-6-10-28(11-7-26)29-12-14-30(15-13-29)37(39,40)41)34(46)23-45-33-21-25(3)20-32(33)35(47)42-36(45)48-24-27-8-16-31(38)17-9-27;1-4-43(5-2)19-20-44(22-29-12-11-28(21-25(29)3)27-13-15-30(16-14-27)37(39,40)41)34(46)23-45-33-8-6-7-32(33)35(47)42-36(45)48-24-26-9-17-31(38)18-10-26/h6-17,25H,4-5,18-24H2,1-3H3;9-18,21H,4-8,19-20,22-24H2,1-3H3/i20D2,21D2,24D2,25D;11D,12D,13D,14D,15D,16D,21D,24D2. The van der Waals surface area contributed by atoms with Crippen molar-refractivity contribution in [3.63, 3.8) is 0 Å². The Balaban J connectivity index is 0.000000257. The largest absolute Gasteiger partial charge is 0.416 e. The molecule has 1 unspecified atom stereocenters. The van der Waals surface area contributed by atoms with Gasteiger partial charge in [-0.3, -0.25) is 19.2 Å². The molecule has 10 rings (SSSR count). The van der Waals surface area contributed by atoms with E-state index in [1.165, 1.54) is 57.7 Å². The fourth-order valence-electron chi connectivity index (χ4n) is 10.6. The van der Waals surface area contributed by atoms with Gasteiger partial charge in [0, 0.05) is 85.5 Å². The molecule has 0 N–H and O–H groups in total. The zero-order chi connectivity index (χ0) is 83.0. The van der Waals surface area contributed by atoms with Gasteiger partial charge in [0.1, 0.15) is 24.7 Å². The third-order valence-corrected chi connectivity index (χ3v) is 17.8. The summed E-state index contributed by atoms with van der Waals surface area (Å²) < 4.78 is 249. The number of halogens is 8. The summed E-state index contributed by atoms with van der Waals surface area (Å²) in [4.78, 5) is 70.6. The molecule has 1 atom stereocenters. The summed E-state index contributed by atoms with van der Waals surface area (Å²) >= 11 is 0.962. The van der Waals surface area contributed by atoms with E-state index < -0.39 is 171 Å². The summed E-state index contributed by atoms with van der Waals surface area (Å²) in [5.74, 6) is -4.87. The lowest BCUT2D eigenvalue weighted by atomic mass is 9.98. The number of carbonyl (C=O) groups is 2. The van der Waals surface area contributed by atoms with Crippen LogP contribution in [0.4, 0.5) is 35.1 Å². The van der Waals surface area contributed by atoms with Crippen molar-refractivity contribution in [1.29, 1.82) is 0 Å². The van der Waals surface area contributed by atoms with Crippen LogP contribution in [0.15, 0.2) is 159 Å². The highest BCUT2D eigenvalue weighted by molar-refractivity contribution is 7.98. The highest BCUT2D eigenvalue weighted by Gasteiger charge is 2.33. The summed E-state index contributed by atoms with van der Waals surface area (Å²) in [6.45, 7) is 12.5. The van der Waals surface area contributed by atoms with Gasteiger partial charge in [-0.25, -0.2) is 8.78 Å². The van der Waals surface area contributed by atoms with Crippen molar-refractivity contribution in [1.82, 2.24) is 38.7 Å². The van der Waals surface area contributed by atoms with Gasteiger partial charge in [0.2, 0.25) is 11.8 Å². The molecular weight excluding hydrogens is 1280 g/mol. The van der Waals surface area contributed by atoms with E-state index in [-0.39, 0.29) is 53.6 Å². The van der Waals surface area contributed by atoms with Gasteiger partial charge in [0.15, 0.2) is 10.3 Å². The van der Waals surface area contributed by atoms with Gasteiger partial charge in [0.25, 0.3) is 11.1 Å². The van der Waals surface area contributed by atoms with Crippen LogP contribution in [0.1, 0.15) is 124 Å². The molecule has 0 fully saturated rings. The van der Waals surface area contributed by atoms with E-state index in [4.69, 9.17) is 21.9 Å². The second-order valence-corrected chi connectivity index (χ2v) is 24.0. The average Bonchev–Trinajstić information content (AvgIpc) is 1.52. The number of benzene rings is 6. The molecule has 96 heavy (non-hydrogen) atoms. The zero-order valence-corrected chi connectivity index (χ0v) is 55.0. The van der Waals surface area contributed by atoms with Crippen molar-refractivity contribution >= 4 is 35.3 Å². The van der Waals surface area contributed by atoms with Crippen LogP contribution in [0.2, 0.25) is 0 Å². The Hall–Kier alpha value is -7.92. The van der Waals surface area contributed by atoms with Gasteiger partial charge in [-0.05, 0) is 170 Å². The number of amides is 2. The first-order valence-corrected chi connectivity index (χ1v) is 32.5. The van der Waals surface area contributed by atoms with Crippen LogP contribution < -0.4 is 11.1 Å². The second-order valence-electron chi connectivity index (χ2n) is 22.4. The molecule has 22 heteroatoms. The molecule has 0 bridgehead atoms. The third-order valence-electron chi connectivity index (χ3n) is 16.1. The minimum absolute atomic E-state index is 0.0178. The van der Waals surface area contributed by atoms with Crippen molar-refractivity contribution in [3.8, 4) is 22.3 Å². The van der Waals surface area contributed by atoms with E-state index in [1.807, 2.05) is 32.6 Å². The highest BCUT2D eigenvalue weighted by atomic mass is 32.2. The molecule has 508 valence electrons. The smallest absolute Gasteiger partial charge is 0.336 e. The fourth-order valence-corrected chi connectivity index (χ4v) is 12.1. The highest BCUT2D eigenvalue weighted by Crippen LogP contribution is 2.35. The molecule has 0 spiro atoms. The maximum atomic E-state index is 14.5. The van der Waals surface area contributed by atoms with Crippen molar-refractivity contribution in [2.75, 3.05) is 52.4 Å². The zero-order valence-electron chi connectivity index (χ0n) is 69.4. The van der Waals surface area contributed by atoms with Gasteiger partial charge < -0.3 is 28.7 Å². The number of fused-ring (bicyclic) bond motifs is 2. The Bertz CT molecular complexity index is 4900. The lowest BCUT2D eigenvalue weighted by Crippen LogP contribution is -2.40. The first kappa shape index (κ1) is 53.2. The van der Waals surface area contributed by atoms with Crippen LogP contribution in [-0.4, -0.2) is 103 Å². The summed E-state index contributed by atoms with van der Waals surface area (Å²) in [7, 11) is 0. The van der Waals surface area contributed by atoms with Gasteiger partial charge in [0.05, 0.1) is 20.7 Å². The van der Waals surface area contributed by atoms with Crippen LogP contribution in [0.5, 0.6) is 0 Å². The molecule has 2 amide bonds. The molecule has 2 aromatic heterocycles. The maximum Gasteiger partial charge on any atom is 0.416 e. The molecule has 0 saturated carbocycles. The topological polar surface area (TPSA) is 117 Å². The predicted molar refractivity (Wildman–Crippen MR) is 362 cm³/mol. The molecule has 8 aromatic rings. The number of hydrogen-bond donors (Lipinski definition) is 0. The van der Waals surface area contributed by atoms with Crippen LogP contribution in [0.3, 0.4) is 0 Å². The lowest BCUT2D eigenvalue weighted by molar-refractivity contribution is -0.138. The number of carbonyl (C=O) groups excluding carboxylic acids is 2. The number of rotatable bonds is 26. The van der Waals surface area contributed by atoms with Crippen molar-refractivity contribution in [2.24, 2.45) is 5.89 Å². The minimum atomic E-state index is -5.22. The molecule has 2 heterocycles. The number of thioether (sulfide) groups is 2. The van der Waals surface area contributed by atoms with E-state index in [0.717, 1.165) is 47.9 Å². The molecule has 0 saturated heterocycles. The third kappa shape index (κ3) is 19.0. The Morgan fingerprint density at radius 1 is 0.573 bits per heavy atom. The van der Waals surface area contributed by atoms with E-state index in [1.54, 1.807) is 24.3 Å². The van der Waals surface area contributed by atoms with E-state index in [2.05, 4.69) is 14.9 Å². The summed E-state index contributed by atoms with van der Waals surface area (Å²) in [5.41, 5.74) is -8.60. The van der Waals surface area contributed by atoms with Gasteiger partial charge in [-0.1, -0.05) is 149 Å². The number of nitrogens with zero attached hydrogens (tertiary/aromatic N) is 8. The van der Waals surface area contributed by atoms with Gasteiger partial charge in [-0.2, -0.15) is 36.3 Å². The first-order chi connectivity index (χ1) is 52.2. The summed E-state index contributed by atoms with van der Waals surface area (Å²) in [6, 6.07) is 14.0. The normalized spacial score (nSPS) is 18.1. The van der Waals surface area contributed by atoms with Gasteiger partial charge in [-0.15, -0.1) is 0 Å². The SMILES string of the molecule is [2H]C([2H])(Sc1nc(=O)c2c(n1CC(=O)N(CCN(CC)CC)Cc1ccc(-c3ccc(C(F)(F)F)cc3)cc1)C([2H])([2H])C([2H])(C)C2([2H])[2H])c1ccc(F)cc1.[2H]c1c([2H])c(-c2c([2H])c([2H])c(C(F)(F)F)c([2H])c2[2H])c([2H])c(C)c1CN(CCN(CC)CC)C(=O)Cn1c(SC([2H])([2H])c2ccc(F)cc2)nc(=O)c2c1CCC2. The number of aromatic nitrogens is 4. The molecular formula is C74H80F8N8O4S2. The predicted octanol–water partition coefficient (Wildman–Crippen LogP) is 15.0. The number of likely N-dealkylation sites (N-methyl/N-ethyl adjacent to an activating group) is 2. The lowest BCUT2D eigenvalue weighted by Gasteiger charge is -2.28.